The summed E-state index contributed by atoms with van der Waals surface area (Å²) in [6, 6.07) is 0. The maximum absolute atomic E-state index is 3.82. The number of nitrogens with one attached hydrogen (secondary N) is 1. The van der Waals surface area contributed by atoms with Gasteiger partial charge in [0.15, 0.2) is 0 Å². The molecule has 1 N–H and O–H groups in total. The van der Waals surface area contributed by atoms with Crippen molar-refractivity contribution in [3.8, 4) is 0 Å². The molecule has 0 saturated carbocycles. The average molecular weight is 121 g/mol. The van der Waals surface area contributed by atoms with Crippen LogP contribution in [-0.4, -0.2) is 0 Å². The van der Waals surface area contributed by atoms with E-state index in [2.05, 4.69) is 11.9 Å². The summed E-state index contributed by atoms with van der Waals surface area (Å²) in [7, 11) is 0. The maximum atomic E-state index is 3.82. The number of allylic oxidation sites excluding steroid dienone is 5. The number of hydrogen-bond acceptors (Lipinski definition) is 1. The summed E-state index contributed by atoms with van der Waals surface area (Å²) in [6.45, 7) is 7.88. The lowest BCUT2D eigenvalue weighted by Gasteiger charge is -2.11. The lowest BCUT2D eigenvalue weighted by molar-refractivity contribution is 0.949. The predicted octanol–water partition coefficient (Wildman–Crippen LogP) is 1.95. The van der Waals surface area contributed by atoms with E-state index in [0.29, 0.717) is 0 Å². The van der Waals surface area contributed by atoms with Crippen LogP contribution in [0.15, 0.2) is 35.7 Å². The normalized spacial score (nSPS) is 18.2. The highest BCUT2D eigenvalue weighted by Gasteiger charge is 1.97. The zero-order valence-electron chi connectivity index (χ0n) is 5.86. The van der Waals surface area contributed by atoms with Crippen LogP contribution in [0.4, 0.5) is 0 Å². The van der Waals surface area contributed by atoms with E-state index in [1.165, 1.54) is 11.4 Å². The minimum Gasteiger partial charge on any atom is -0.363 e. The molecule has 0 atom stereocenters. The standard InChI is InChI=1S/C8H11N/c1-6-4-7(2)9-8(3)5-6/h4-5,9H,1H2,2-3H3. The van der Waals surface area contributed by atoms with E-state index in [4.69, 9.17) is 0 Å². The van der Waals surface area contributed by atoms with E-state index in [-0.39, 0.29) is 0 Å². The Bertz CT molecular complexity index is 177. The summed E-state index contributed by atoms with van der Waals surface area (Å²) in [5, 5.41) is 3.17. The largest absolute Gasteiger partial charge is 0.363 e. The Morgan fingerprint density at radius 3 is 2.00 bits per heavy atom. The Morgan fingerprint density at radius 1 is 1.22 bits per heavy atom. The van der Waals surface area contributed by atoms with Gasteiger partial charge < -0.3 is 5.32 Å². The maximum Gasteiger partial charge on any atom is 0.0122 e. The minimum atomic E-state index is 1.07. The second-order valence-electron chi connectivity index (χ2n) is 2.35. The summed E-state index contributed by atoms with van der Waals surface area (Å²) >= 11 is 0. The van der Waals surface area contributed by atoms with Crippen LogP contribution in [0.2, 0.25) is 0 Å². The number of hydrogen-bond donors (Lipinski definition) is 1. The third-order valence-corrected chi connectivity index (χ3v) is 1.20. The van der Waals surface area contributed by atoms with Crippen LogP contribution < -0.4 is 5.32 Å². The minimum absolute atomic E-state index is 1.07. The summed E-state index contributed by atoms with van der Waals surface area (Å²) in [6.07, 6.45) is 4.04. The lowest BCUT2D eigenvalue weighted by atomic mass is 10.1. The summed E-state index contributed by atoms with van der Waals surface area (Å²) in [5.41, 5.74) is 3.41. The Kier molecular flexibility index (Phi) is 1.43. The van der Waals surface area contributed by atoms with Gasteiger partial charge in [-0.05, 0) is 31.6 Å². The van der Waals surface area contributed by atoms with Gasteiger partial charge in [0.1, 0.15) is 0 Å². The molecule has 1 aliphatic rings. The van der Waals surface area contributed by atoms with Crippen LogP contribution in [0, 0.1) is 0 Å². The highest BCUT2D eigenvalue weighted by molar-refractivity contribution is 5.36. The average Bonchev–Trinajstić information content (AvgIpc) is 1.59. The van der Waals surface area contributed by atoms with Crippen molar-refractivity contribution in [1.82, 2.24) is 5.32 Å². The first-order chi connectivity index (χ1) is 4.18. The molecule has 1 nitrogen and oxygen atoms in total. The third kappa shape index (κ3) is 1.46. The van der Waals surface area contributed by atoms with Crippen molar-refractivity contribution < 1.29 is 0 Å². The monoisotopic (exact) mass is 121 g/mol. The second-order valence-corrected chi connectivity index (χ2v) is 2.35. The van der Waals surface area contributed by atoms with Gasteiger partial charge in [0, 0.05) is 11.4 Å². The third-order valence-electron chi connectivity index (χ3n) is 1.20. The van der Waals surface area contributed by atoms with Gasteiger partial charge in [0.25, 0.3) is 0 Å². The van der Waals surface area contributed by atoms with Crippen LogP contribution in [0.1, 0.15) is 13.8 Å². The molecular formula is C8H11N. The van der Waals surface area contributed by atoms with Crippen LogP contribution in [0.25, 0.3) is 0 Å². The molecule has 0 unspecified atom stereocenters. The molecule has 48 valence electrons. The van der Waals surface area contributed by atoms with Gasteiger partial charge in [-0.25, -0.2) is 0 Å². The molecule has 0 aromatic carbocycles. The molecule has 0 amide bonds. The summed E-state index contributed by atoms with van der Waals surface area (Å²) in [4.78, 5) is 0. The molecule has 1 aliphatic heterocycles. The Hall–Kier alpha value is -0.980. The quantitative estimate of drug-likeness (QED) is 0.516. The molecule has 0 fully saturated rings. The first kappa shape index (κ1) is 6.14. The van der Waals surface area contributed by atoms with Crippen LogP contribution in [0.5, 0.6) is 0 Å². The van der Waals surface area contributed by atoms with Gasteiger partial charge in [-0.2, -0.15) is 0 Å². The van der Waals surface area contributed by atoms with E-state index < -0.39 is 0 Å². The first-order valence-corrected chi connectivity index (χ1v) is 3.01. The van der Waals surface area contributed by atoms with E-state index in [0.717, 1.165) is 5.57 Å². The van der Waals surface area contributed by atoms with Gasteiger partial charge in [-0.15, -0.1) is 0 Å². The number of rotatable bonds is 0. The van der Waals surface area contributed by atoms with Gasteiger partial charge in [0.05, 0.1) is 0 Å². The van der Waals surface area contributed by atoms with Crippen LogP contribution in [-0.2, 0) is 0 Å². The van der Waals surface area contributed by atoms with E-state index in [9.17, 15) is 0 Å². The lowest BCUT2D eigenvalue weighted by Crippen LogP contribution is -2.11. The first-order valence-electron chi connectivity index (χ1n) is 3.01. The Morgan fingerprint density at radius 2 is 1.67 bits per heavy atom. The topological polar surface area (TPSA) is 12.0 Å². The van der Waals surface area contributed by atoms with Crippen molar-refractivity contribution in [2.75, 3.05) is 0 Å². The molecule has 9 heavy (non-hydrogen) atoms. The van der Waals surface area contributed by atoms with Crippen molar-refractivity contribution in [3.05, 3.63) is 35.7 Å². The fourth-order valence-electron chi connectivity index (χ4n) is 0.981. The summed E-state index contributed by atoms with van der Waals surface area (Å²) in [5.74, 6) is 0. The highest BCUT2D eigenvalue weighted by atomic mass is 14.9. The molecule has 0 radical (unpaired) electrons. The van der Waals surface area contributed by atoms with Gasteiger partial charge in [-0.1, -0.05) is 6.58 Å². The van der Waals surface area contributed by atoms with Crippen molar-refractivity contribution >= 4 is 0 Å². The Labute approximate surface area is 55.8 Å². The predicted molar refractivity (Wildman–Crippen MR) is 39.8 cm³/mol. The molecule has 1 rings (SSSR count). The molecule has 1 heteroatoms. The van der Waals surface area contributed by atoms with Gasteiger partial charge in [-0.3, -0.25) is 0 Å². The molecule has 0 aliphatic carbocycles. The SMILES string of the molecule is C=C1C=C(C)NC(C)=C1. The van der Waals surface area contributed by atoms with E-state index in [1.54, 1.807) is 0 Å². The smallest absolute Gasteiger partial charge is 0.0122 e. The molecule has 0 spiro atoms. The Balaban J connectivity index is 2.81. The van der Waals surface area contributed by atoms with Crippen LogP contribution in [0.3, 0.4) is 0 Å². The fourth-order valence-corrected chi connectivity index (χ4v) is 0.981. The van der Waals surface area contributed by atoms with Gasteiger partial charge in [0.2, 0.25) is 0 Å². The van der Waals surface area contributed by atoms with Crippen LogP contribution >= 0.6 is 0 Å². The molecular weight excluding hydrogens is 110 g/mol. The molecule has 0 aromatic heterocycles. The number of dihydropyridines is 1. The van der Waals surface area contributed by atoms with Crippen molar-refractivity contribution in [2.45, 2.75) is 13.8 Å². The second kappa shape index (κ2) is 2.09. The summed E-state index contributed by atoms with van der Waals surface area (Å²) < 4.78 is 0. The van der Waals surface area contributed by atoms with Crippen molar-refractivity contribution in [1.29, 1.82) is 0 Å². The van der Waals surface area contributed by atoms with Crippen molar-refractivity contribution in [3.63, 3.8) is 0 Å². The molecule has 0 aromatic rings. The van der Waals surface area contributed by atoms with Crippen molar-refractivity contribution in [2.24, 2.45) is 0 Å². The zero-order valence-corrected chi connectivity index (χ0v) is 5.86. The fraction of sp³-hybridized carbons (Fsp3) is 0.250. The zero-order chi connectivity index (χ0) is 6.85. The molecule has 0 saturated heterocycles. The van der Waals surface area contributed by atoms with Gasteiger partial charge >= 0.3 is 0 Å². The van der Waals surface area contributed by atoms with E-state index >= 15 is 0 Å². The molecule has 1 heterocycles. The van der Waals surface area contributed by atoms with E-state index in [1.807, 2.05) is 26.0 Å². The molecule has 0 bridgehead atoms. The highest BCUT2D eigenvalue weighted by Crippen LogP contribution is 2.08.